The van der Waals surface area contributed by atoms with E-state index in [0.717, 1.165) is 118 Å². The van der Waals surface area contributed by atoms with E-state index in [-0.39, 0.29) is 0 Å². The van der Waals surface area contributed by atoms with Crippen LogP contribution in [0.4, 0.5) is 0 Å². The predicted molar refractivity (Wildman–Crippen MR) is 307 cm³/mol. The second-order valence-electron chi connectivity index (χ2n) is 20.5. The number of rotatable bonds is 14. The summed E-state index contributed by atoms with van der Waals surface area (Å²) < 4.78 is 9.46. The third-order valence-electron chi connectivity index (χ3n) is 13.9. The van der Waals surface area contributed by atoms with Gasteiger partial charge < -0.3 is 0 Å². The van der Waals surface area contributed by atoms with Crippen LogP contribution in [0.5, 0.6) is 0 Å². The van der Waals surface area contributed by atoms with E-state index in [2.05, 4.69) is 242 Å². The van der Waals surface area contributed by atoms with Gasteiger partial charge in [-0.25, -0.2) is 0 Å². The molecule has 0 N–H and O–H groups in total. The molecule has 0 bridgehead atoms. The summed E-state index contributed by atoms with van der Waals surface area (Å²) in [5, 5.41) is 0. The minimum Gasteiger partial charge on any atom is -0.172 e. The number of aromatic nitrogens is 2. The van der Waals surface area contributed by atoms with Gasteiger partial charge in [0.2, 0.25) is 0 Å². The first-order valence-corrected chi connectivity index (χ1v) is 31.2. The second-order valence-corrected chi connectivity index (χ2v) is 32.2. The molecular weight excluding hydrogens is 885 g/mol. The van der Waals surface area contributed by atoms with Crippen LogP contribution in [0.15, 0.2) is 83.0 Å². The fourth-order valence-electron chi connectivity index (χ4n) is 10.3. The van der Waals surface area contributed by atoms with Gasteiger partial charge >= 0.3 is 0 Å². The van der Waals surface area contributed by atoms with E-state index < -0.39 is 16.1 Å². The molecule has 5 heteroatoms. The van der Waals surface area contributed by atoms with E-state index in [1.807, 2.05) is 0 Å². The molecule has 0 amide bonds. The van der Waals surface area contributed by atoms with Crippen LogP contribution in [-0.2, 0) is 0 Å². The Kier molecular flexibility index (Phi) is 22.2. The summed E-state index contributed by atoms with van der Waals surface area (Å²) in [6, 6.07) is 21.1. The van der Waals surface area contributed by atoms with Gasteiger partial charge in [-0.1, -0.05) is 196 Å². The van der Waals surface area contributed by atoms with Crippen LogP contribution in [0.3, 0.4) is 0 Å². The largest absolute Gasteiger partial charge is 0.172 e. The number of allylic oxidation sites excluding steroid dienone is 4. The van der Waals surface area contributed by atoms with Gasteiger partial charge in [-0.15, -0.1) is 11.1 Å². The van der Waals surface area contributed by atoms with Gasteiger partial charge in [0.1, 0.15) is 27.2 Å². The number of benzene rings is 3. The van der Waals surface area contributed by atoms with Gasteiger partial charge in [0, 0.05) is 44.5 Å². The standard InChI is InChI=1S/C64H80N2SSi2/c1-17-21-57(35-33-53-25-29-55(30-26-53)43-45-68(47(5)6,48(7)8)49(9)10)59(23-19-3)37-39-61-41-42-62(64-63(61)65-67-66-64)40-38-60(24-20-4)58(22-18-2)36-34-54-27-31-56(32-28-54)44-46-69(50(11)12,51(13)14)52(15)16/h25-32,41-42,47-52H,17-24H2,1-16H3/b59-57+,60-58+. The summed E-state index contributed by atoms with van der Waals surface area (Å²) in [7, 11) is -3.60. The summed E-state index contributed by atoms with van der Waals surface area (Å²) in [5.74, 6) is 35.3. The predicted octanol–water partition coefficient (Wildman–Crippen LogP) is 17.4. The third kappa shape index (κ3) is 14.6. The Labute approximate surface area is 427 Å². The van der Waals surface area contributed by atoms with Crippen molar-refractivity contribution in [2.45, 2.75) is 195 Å². The molecule has 3 aromatic carbocycles. The Morgan fingerprint density at radius 2 is 0.623 bits per heavy atom. The average Bonchev–Trinajstić information content (AvgIpc) is 3.81. The minimum absolute atomic E-state index is 0.605. The van der Waals surface area contributed by atoms with Crippen molar-refractivity contribution in [2.75, 3.05) is 0 Å². The Hall–Kier alpha value is -5.25. The Bertz CT molecular complexity index is 2570. The van der Waals surface area contributed by atoms with Crippen LogP contribution >= 0.6 is 11.7 Å². The van der Waals surface area contributed by atoms with Gasteiger partial charge in [-0.05, 0) is 120 Å². The van der Waals surface area contributed by atoms with Gasteiger partial charge in [-0.3, -0.25) is 0 Å². The molecule has 4 rings (SSSR count). The molecular formula is C64H80N2SSi2. The van der Waals surface area contributed by atoms with E-state index in [9.17, 15) is 0 Å². The van der Waals surface area contributed by atoms with Crippen molar-refractivity contribution in [2.24, 2.45) is 0 Å². The van der Waals surface area contributed by atoms with E-state index in [0.29, 0.717) is 33.2 Å². The van der Waals surface area contributed by atoms with Crippen molar-refractivity contribution in [3.8, 4) is 70.3 Å². The topological polar surface area (TPSA) is 25.8 Å². The molecule has 0 aliphatic heterocycles. The molecule has 4 aromatic rings. The molecule has 0 radical (unpaired) electrons. The van der Waals surface area contributed by atoms with Crippen molar-refractivity contribution in [3.05, 3.63) is 116 Å². The lowest BCUT2D eigenvalue weighted by Crippen LogP contribution is -2.43. The maximum absolute atomic E-state index is 4.73. The highest BCUT2D eigenvalue weighted by atomic mass is 32.1. The smallest absolute Gasteiger partial charge is 0.146 e. The highest BCUT2D eigenvalue weighted by Crippen LogP contribution is 2.42. The van der Waals surface area contributed by atoms with E-state index >= 15 is 0 Å². The quantitative estimate of drug-likeness (QED) is 0.0930. The van der Waals surface area contributed by atoms with E-state index in [1.165, 1.54) is 11.7 Å². The molecule has 0 saturated heterocycles. The fourth-order valence-corrected chi connectivity index (χ4v) is 21.3. The first kappa shape index (κ1) is 56.3. The van der Waals surface area contributed by atoms with Crippen LogP contribution in [-0.4, -0.2) is 24.9 Å². The zero-order valence-corrected chi connectivity index (χ0v) is 48.0. The zero-order chi connectivity index (χ0) is 50.7. The first-order chi connectivity index (χ1) is 33.0. The van der Waals surface area contributed by atoms with Crippen LogP contribution in [0.2, 0.25) is 33.2 Å². The molecule has 1 heterocycles. The third-order valence-corrected chi connectivity index (χ3v) is 27.0. The van der Waals surface area contributed by atoms with E-state index in [4.69, 9.17) is 8.75 Å². The molecule has 0 fully saturated rings. The summed E-state index contributed by atoms with van der Waals surface area (Å²) in [6.45, 7) is 37.1. The second kappa shape index (κ2) is 27.2. The zero-order valence-electron chi connectivity index (χ0n) is 45.2. The van der Waals surface area contributed by atoms with Crippen LogP contribution in [0.25, 0.3) is 11.0 Å². The van der Waals surface area contributed by atoms with Crippen molar-refractivity contribution < 1.29 is 0 Å². The van der Waals surface area contributed by atoms with Gasteiger partial charge in [0.25, 0.3) is 0 Å². The monoisotopic (exact) mass is 965 g/mol. The molecule has 0 atom stereocenters. The van der Waals surface area contributed by atoms with Crippen LogP contribution in [0.1, 0.15) is 196 Å². The van der Waals surface area contributed by atoms with Crippen LogP contribution < -0.4 is 0 Å². The summed E-state index contributed by atoms with van der Waals surface area (Å²) in [6.07, 6.45) is 7.46. The molecule has 0 saturated carbocycles. The SMILES string of the molecule is CCC/C(C#Cc1ccc(C#C[Si](C(C)C)(C(C)C)C(C)C)cc1)=C(\C#Cc1ccc(C#C/C(CCC)=C(/C#Cc2ccc(C#C[Si](C(C)C)(C(C)C)C(C)C)cc2)CCC)c2nsnc12)CCC. The molecule has 1 aromatic heterocycles. The van der Waals surface area contributed by atoms with Crippen molar-refractivity contribution in [1.82, 2.24) is 8.75 Å². The summed E-state index contributed by atoms with van der Waals surface area (Å²) in [5.41, 5.74) is 23.2. The van der Waals surface area contributed by atoms with Gasteiger partial charge in [-0.2, -0.15) is 8.75 Å². The van der Waals surface area contributed by atoms with Crippen molar-refractivity contribution in [1.29, 1.82) is 0 Å². The molecule has 2 nitrogen and oxygen atoms in total. The fraction of sp³-hybridized carbons (Fsp3) is 0.469. The number of hydrogen-bond acceptors (Lipinski definition) is 3. The molecule has 0 spiro atoms. The number of fused-ring (bicyclic) bond motifs is 1. The van der Waals surface area contributed by atoms with Gasteiger partial charge in [0.05, 0.1) is 22.9 Å². The Morgan fingerprint density at radius 1 is 0.377 bits per heavy atom. The lowest BCUT2D eigenvalue weighted by atomic mass is 9.98. The average molecular weight is 966 g/mol. The summed E-state index contributed by atoms with van der Waals surface area (Å²) >= 11 is 1.21. The van der Waals surface area contributed by atoms with E-state index in [1.54, 1.807) is 0 Å². The molecule has 360 valence electrons. The number of hydrogen-bond donors (Lipinski definition) is 0. The highest BCUT2D eigenvalue weighted by molar-refractivity contribution is 7.00. The highest BCUT2D eigenvalue weighted by Gasteiger charge is 2.42. The first-order valence-electron chi connectivity index (χ1n) is 26.0. The Morgan fingerprint density at radius 3 is 0.870 bits per heavy atom. The molecule has 0 unspecified atom stereocenters. The van der Waals surface area contributed by atoms with Gasteiger partial charge in [0.15, 0.2) is 0 Å². The van der Waals surface area contributed by atoms with Crippen LogP contribution in [0, 0.1) is 70.3 Å². The lowest BCUT2D eigenvalue weighted by molar-refractivity contribution is 0.838. The minimum atomic E-state index is -1.80. The molecule has 69 heavy (non-hydrogen) atoms. The number of nitrogens with zero attached hydrogens (tertiary/aromatic N) is 2. The van der Waals surface area contributed by atoms with Crippen molar-refractivity contribution in [3.63, 3.8) is 0 Å². The maximum Gasteiger partial charge on any atom is 0.146 e. The lowest BCUT2D eigenvalue weighted by Gasteiger charge is -2.38. The normalized spacial score (nSPS) is 12.2. The molecule has 0 aliphatic carbocycles. The summed E-state index contributed by atoms with van der Waals surface area (Å²) in [4.78, 5) is 0. The molecule has 0 aliphatic rings. The van der Waals surface area contributed by atoms with Crippen molar-refractivity contribution >= 4 is 38.9 Å². The maximum atomic E-state index is 4.73. The Balaban J connectivity index is 1.66.